The average Bonchev–Trinajstić information content (AvgIpc) is 2.17. The average molecular weight is 214 g/mol. The van der Waals surface area contributed by atoms with Crippen LogP contribution in [0.25, 0.3) is 0 Å². The van der Waals surface area contributed by atoms with Crippen LogP contribution < -0.4 is 4.74 Å². The molecule has 0 aliphatic heterocycles. The number of halogens is 1. The van der Waals surface area contributed by atoms with Crippen LogP contribution in [-0.4, -0.2) is 19.7 Å². The lowest BCUT2D eigenvalue weighted by atomic mass is 10.2. The van der Waals surface area contributed by atoms with Gasteiger partial charge in [-0.05, 0) is 24.6 Å². The Morgan fingerprint density at radius 3 is 2.79 bits per heavy atom. The van der Waals surface area contributed by atoms with Crippen molar-refractivity contribution in [2.75, 3.05) is 7.11 Å². The molecule has 0 amide bonds. The fourth-order valence-electron chi connectivity index (χ4n) is 0.897. The largest absolute Gasteiger partial charge is 0.456 e. The first-order valence-electron chi connectivity index (χ1n) is 3.93. The molecule has 3 nitrogen and oxygen atoms in total. The van der Waals surface area contributed by atoms with Crippen LogP contribution in [0, 0.1) is 6.92 Å². The van der Waals surface area contributed by atoms with Crippen LogP contribution in [0.1, 0.15) is 5.56 Å². The molecule has 14 heavy (non-hydrogen) atoms. The second-order valence-electron chi connectivity index (χ2n) is 2.62. The summed E-state index contributed by atoms with van der Waals surface area (Å²) in [6.07, 6.45) is -0.378. The highest BCUT2D eigenvalue weighted by molar-refractivity contribution is 6.32. The van der Waals surface area contributed by atoms with Crippen molar-refractivity contribution in [2.24, 2.45) is 0 Å². The molecule has 75 valence electrons. The van der Waals surface area contributed by atoms with Gasteiger partial charge in [0, 0.05) is 7.11 Å². The third kappa shape index (κ3) is 2.72. The van der Waals surface area contributed by atoms with E-state index in [1.54, 1.807) is 18.2 Å². The van der Waals surface area contributed by atoms with Crippen LogP contribution in [0.3, 0.4) is 0 Å². The van der Waals surface area contributed by atoms with Gasteiger partial charge in [0.2, 0.25) is 0 Å². The van der Waals surface area contributed by atoms with Crippen molar-refractivity contribution in [2.45, 2.75) is 6.29 Å². The molecule has 4 heteroatoms. The Hall–Kier alpha value is -1.06. The molecule has 1 rings (SSSR count). The molecule has 1 aromatic rings. The maximum atomic E-state index is 10.4. The van der Waals surface area contributed by atoms with Crippen molar-refractivity contribution in [1.82, 2.24) is 0 Å². The minimum atomic E-state index is -0.928. The summed E-state index contributed by atoms with van der Waals surface area (Å²) in [5.41, 5.74) is 0.780. The van der Waals surface area contributed by atoms with Crippen molar-refractivity contribution < 1.29 is 14.3 Å². The van der Waals surface area contributed by atoms with Gasteiger partial charge in [-0.2, -0.15) is 0 Å². The van der Waals surface area contributed by atoms with Gasteiger partial charge in [0.25, 0.3) is 6.29 Å². The van der Waals surface area contributed by atoms with Crippen LogP contribution in [0.4, 0.5) is 0 Å². The number of carbonyl (C=O) groups excluding carboxylic acids is 1. The number of methoxy groups -OCH3 is 1. The molecule has 0 heterocycles. The highest BCUT2D eigenvalue weighted by atomic mass is 35.5. The monoisotopic (exact) mass is 213 g/mol. The second kappa shape index (κ2) is 4.98. The zero-order valence-corrected chi connectivity index (χ0v) is 8.45. The molecular weight excluding hydrogens is 204 g/mol. The fraction of sp³-hybridized carbons (Fsp3) is 0.200. The third-order valence-electron chi connectivity index (χ3n) is 1.58. The molecule has 1 aromatic carbocycles. The van der Waals surface area contributed by atoms with Gasteiger partial charge in [-0.15, -0.1) is 0 Å². The van der Waals surface area contributed by atoms with Crippen molar-refractivity contribution in [1.29, 1.82) is 0 Å². The molecular formula is C10H10ClO3. The number of carbonyl (C=O) groups is 1. The lowest BCUT2D eigenvalue weighted by molar-refractivity contribution is -0.132. The van der Waals surface area contributed by atoms with E-state index in [2.05, 4.69) is 6.92 Å². The van der Waals surface area contributed by atoms with E-state index in [4.69, 9.17) is 21.1 Å². The van der Waals surface area contributed by atoms with Gasteiger partial charge in [0.15, 0.2) is 6.29 Å². The van der Waals surface area contributed by atoms with Crippen LogP contribution in [-0.2, 0) is 9.53 Å². The molecule has 0 aliphatic carbocycles. The van der Waals surface area contributed by atoms with Gasteiger partial charge in [-0.3, -0.25) is 4.79 Å². The van der Waals surface area contributed by atoms with Gasteiger partial charge in [0.05, 0.1) is 5.02 Å². The SMILES string of the molecule is [CH2]c1ccc(OC(C=O)OC)c(Cl)c1. The van der Waals surface area contributed by atoms with E-state index in [9.17, 15) is 4.79 Å². The molecule has 1 atom stereocenters. The fourth-order valence-corrected chi connectivity index (χ4v) is 1.14. The number of ether oxygens (including phenoxy) is 2. The highest BCUT2D eigenvalue weighted by Gasteiger charge is 2.09. The summed E-state index contributed by atoms with van der Waals surface area (Å²) in [5.74, 6) is 0.401. The number of hydrogen-bond donors (Lipinski definition) is 0. The van der Waals surface area contributed by atoms with E-state index in [0.717, 1.165) is 5.56 Å². The molecule has 0 bridgehead atoms. The van der Waals surface area contributed by atoms with E-state index in [1.807, 2.05) is 0 Å². The summed E-state index contributed by atoms with van der Waals surface area (Å²) >= 11 is 5.85. The third-order valence-corrected chi connectivity index (χ3v) is 1.88. The lowest BCUT2D eigenvalue weighted by Gasteiger charge is -2.12. The van der Waals surface area contributed by atoms with Crippen LogP contribution in [0.5, 0.6) is 5.75 Å². The Morgan fingerprint density at radius 2 is 2.29 bits per heavy atom. The highest BCUT2D eigenvalue weighted by Crippen LogP contribution is 2.25. The molecule has 0 saturated carbocycles. The summed E-state index contributed by atoms with van der Waals surface area (Å²) in [4.78, 5) is 10.4. The summed E-state index contributed by atoms with van der Waals surface area (Å²) in [6, 6.07) is 5.02. The van der Waals surface area contributed by atoms with Crippen LogP contribution in [0.15, 0.2) is 18.2 Å². The minimum absolute atomic E-state index is 0.401. The molecule has 0 aromatic heterocycles. The Balaban J connectivity index is 2.80. The topological polar surface area (TPSA) is 35.5 Å². The number of benzene rings is 1. The molecule has 0 aliphatic rings. The van der Waals surface area contributed by atoms with E-state index >= 15 is 0 Å². The summed E-state index contributed by atoms with van der Waals surface area (Å²) in [7, 11) is 1.38. The normalized spacial score (nSPS) is 12.2. The Labute approximate surface area is 87.6 Å². The quantitative estimate of drug-likeness (QED) is 0.568. The smallest absolute Gasteiger partial charge is 0.256 e. The molecule has 1 unspecified atom stereocenters. The van der Waals surface area contributed by atoms with E-state index in [1.165, 1.54) is 7.11 Å². The molecule has 0 spiro atoms. The van der Waals surface area contributed by atoms with Gasteiger partial charge in [0.1, 0.15) is 5.75 Å². The Kier molecular flexibility index (Phi) is 3.92. The second-order valence-corrected chi connectivity index (χ2v) is 3.03. The Morgan fingerprint density at radius 1 is 1.57 bits per heavy atom. The van der Waals surface area contributed by atoms with E-state index in [0.29, 0.717) is 17.1 Å². The maximum absolute atomic E-state index is 10.4. The van der Waals surface area contributed by atoms with Crippen LogP contribution in [0.2, 0.25) is 5.02 Å². The first-order chi connectivity index (χ1) is 6.67. The standard InChI is InChI=1S/C10H10ClO3/c1-7-3-4-9(8(11)5-7)14-10(6-12)13-2/h3-6,10H,1H2,2H3. The maximum Gasteiger partial charge on any atom is 0.256 e. The zero-order chi connectivity index (χ0) is 10.6. The summed E-state index contributed by atoms with van der Waals surface area (Å²) < 4.78 is 9.87. The predicted molar refractivity (Wildman–Crippen MR) is 53.4 cm³/mol. The number of rotatable bonds is 4. The van der Waals surface area contributed by atoms with E-state index < -0.39 is 6.29 Å². The summed E-state index contributed by atoms with van der Waals surface area (Å²) in [6.45, 7) is 3.70. The van der Waals surface area contributed by atoms with Gasteiger partial charge in [-0.25, -0.2) is 0 Å². The predicted octanol–water partition coefficient (Wildman–Crippen LogP) is 2.07. The molecule has 0 saturated heterocycles. The first kappa shape index (κ1) is 11.0. The van der Waals surface area contributed by atoms with Crippen molar-refractivity contribution >= 4 is 17.9 Å². The lowest BCUT2D eigenvalue weighted by Crippen LogP contribution is -2.20. The minimum Gasteiger partial charge on any atom is -0.456 e. The Bertz CT molecular complexity index is 325. The van der Waals surface area contributed by atoms with Crippen molar-refractivity contribution in [3.63, 3.8) is 0 Å². The first-order valence-corrected chi connectivity index (χ1v) is 4.31. The van der Waals surface area contributed by atoms with Crippen molar-refractivity contribution in [3.8, 4) is 5.75 Å². The van der Waals surface area contributed by atoms with Crippen LogP contribution >= 0.6 is 11.6 Å². The van der Waals surface area contributed by atoms with E-state index in [-0.39, 0.29) is 0 Å². The van der Waals surface area contributed by atoms with Gasteiger partial charge in [-0.1, -0.05) is 17.7 Å². The van der Waals surface area contributed by atoms with Crippen molar-refractivity contribution in [3.05, 3.63) is 35.7 Å². The molecule has 1 radical (unpaired) electrons. The zero-order valence-electron chi connectivity index (χ0n) is 7.70. The number of hydrogen-bond acceptors (Lipinski definition) is 3. The number of aldehydes is 1. The molecule has 0 fully saturated rings. The summed E-state index contributed by atoms with van der Waals surface area (Å²) in [5, 5.41) is 0.404. The van der Waals surface area contributed by atoms with Gasteiger partial charge < -0.3 is 9.47 Å². The molecule has 0 N–H and O–H groups in total. The van der Waals surface area contributed by atoms with Gasteiger partial charge >= 0.3 is 0 Å².